The van der Waals surface area contributed by atoms with Crippen LogP contribution in [0.15, 0.2) is 17.0 Å². The topological polar surface area (TPSA) is 75.4 Å². The summed E-state index contributed by atoms with van der Waals surface area (Å²) in [6, 6.07) is 3.27. The molecule has 21 heavy (non-hydrogen) atoms. The lowest BCUT2D eigenvalue weighted by molar-refractivity contribution is 0.256. The SMILES string of the molecule is CCC(C)N(C)CCNS(=O)(=O)c1cc(N)c(C)c(Cl)c1. The van der Waals surface area contributed by atoms with Crippen molar-refractivity contribution >= 4 is 27.3 Å². The average Bonchev–Trinajstić information content (AvgIpc) is 2.42. The van der Waals surface area contributed by atoms with E-state index in [1.807, 2.05) is 7.05 Å². The van der Waals surface area contributed by atoms with Gasteiger partial charge >= 0.3 is 0 Å². The van der Waals surface area contributed by atoms with Crippen LogP contribution in [0.3, 0.4) is 0 Å². The van der Waals surface area contributed by atoms with Crippen LogP contribution in [0.5, 0.6) is 0 Å². The van der Waals surface area contributed by atoms with Crippen LogP contribution in [0.1, 0.15) is 25.8 Å². The van der Waals surface area contributed by atoms with Crippen molar-refractivity contribution in [2.24, 2.45) is 0 Å². The number of rotatable bonds is 7. The van der Waals surface area contributed by atoms with Gasteiger partial charge in [0, 0.05) is 29.8 Å². The molecule has 0 bridgehead atoms. The van der Waals surface area contributed by atoms with Crippen LogP contribution in [0.2, 0.25) is 5.02 Å². The Bertz CT molecular complexity index is 567. The minimum absolute atomic E-state index is 0.0989. The number of benzene rings is 1. The van der Waals surface area contributed by atoms with Gasteiger partial charge in [0.05, 0.1) is 4.90 Å². The molecule has 0 spiro atoms. The first-order chi connectivity index (χ1) is 9.69. The number of nitrogens with zero attached hydrogens (tertiary/aromatic N) is 1. The van der Waals surface area contributed by atoms with Crippen molar-refractivity contribution in [1.29, 1.82) is 0 Å². The number of hydrogen-bond acceptors (Lipinski definition) is 4. The second kappa shape index (κ2) is 7.45. The second-order valence-electron chi connectivity index (χ2n) is 5.25. The van der Waals surface area contributed by atoms with E-state index in [1.54, 1.807) is 6.92 Å². The van der Waals surface area contributed by atoms with Crippen molar-refractivity contribution in [1.82, 2.24) is 9.62 Å². The molecule has 0 aromatic heterocycles. The molecule has 0 saturated carbocycles. The Morgan fingerprint density at radius 2 is 2.05 bits per heavy atom. The summed E-state index contributed by atoms with van der Waals surface area (Å²) < 4.78 is 27.0. The van der Waals surface area contributed by atoms with Crippen LogP contribution in [0.25, 0.3) is 0 Å². The first-order valence-electron chi connectivity index (χ1n) is 6.94. The Morgan fingerprint density at radius 3 is 2.57 bits per heavy atom. The fourth-order valence-electron chi connectivity index (χ4n) is 1.80. The lowest BCUT2D eigenvalue weighted by Gasteiger charge is -2.23. The van der Waals surface area contributed by atoms with E-state index in [0.717, 1.165) is 6.42 Å². The fourth-order valence-corrected chi connectivity index (χ4v) is 3.17. The highest BCUT2D eigenvalue weighted by molar-refractivity contribution is 7.89. The average molecular weight is 334 g/mol. The molecule has 0 aliphatic heterocycles. The highest BCUT2D eigenvalue weighted by Crippen LogP contribution is 2.25. The van der Waals surface area contributed by atoms with Crippen LogP contribution in [-0.4, -0.2) is 39.5 Å². The molecule has 0 heterocycles. The third-order valence-corrected chi connectivity index (χ3v) is 5.60. The molecule has 5 nitrogen and oxygen atoms in total. The molecule has 0 aliphatic carbocycles. The number of anilines is 1. The van der Waals surface area contributed by atoms with E-state index < -0.39 is 10.0 Å². The molecule has 120 valence electrons. The van der Waals surface area contributed by atoms with Gasteiger partial charge in [-0.1, -0.05) is 18.5 Å². The zero-order valence-electron chi connectivity index (χ0n) is 13.0. The van der Waals surface area contributed by atoms with Crippen molar-refractivity contribution < 1.29 is 8.42 Å². The molecular weight excluding hydrogens is 310 g/mol. The summed E-state index contributed by atoms with van der Waals surface area (Å²) >= 11 is 5.99. The molecule has 1 unspecified atom stereocenters. The highest BCUT2D eigenvalue weighted by atomic mass is 35.5. The first kappa shape index (κ1) is 18.2. The minimum Gasteiger partial charge on any atom is -0.398 e. The normalized spacial score (nSPS) is 13.6. The summed E-state index contributed by atoms with van der Waals surface area (Å²) in [5.41, 5.74) is 6.83. The van der Waals surface area contributed by atoms with Crippen molar-refractivity contribution in [2.75, 3.05) is 25.9 Å². The van der Waals surface area contributed by atoms with Crippen LogP contribution in [0, 0.1) is 6.92 Å². The van der Waals surface area contributed by atoms with Gasteiger partial charge in [-0.2, -0.15) is 0 Å². The van der Waals surface area contributed by atoms with Gasteiger partial charge in [0.2, 0.25) is 10.0 Å². The smallest absolute Gasteiger partial charge is 0.240 e. The van der Waals surface area contributed by atoms with Crippen LogP contribution in [-0.2, 0) is 10.0 Å². The zero-order chi connectivity index (χ0) is 16.2. The molecule has 0 aliphatic rings. The van der Waals surface area contributed by atoms with E-state index in [0.29, 0.717) is 35.4 Å². The van der Waals surface area contributed by atoms with E-state index in [9.17, 15) is 8.42 Å². The molecule has 1 aromatic carbocycles. The Labute approximate surface area is 132 Å². The van der Waals surface area contributed by atoms with E-state index >= 15 is 0 Å². The summed E-state index contributed by atoms with van der Waals surface area (Å²) in [7, 11) is -1.62. The molecular formula is C14H24ClN3O2S. The maximum atomic E-state index is 12.2. The zero-order valence-corrected chi connectivity index (χ0v) is 14.6. The third kappa shape index (κ3) is 4.85. The largest absolute Gasteiger partial charge is 0.398 e. The standard InChI is InChI=1S/C14H24ClN3O2S/c1-5-10(2)18(4)7-6-17-21(19,20)12-8-13(15)11(3)14(16)9-12/h8-10,17H,5-7,16H2,1-4H3. The lowest BCUT2D eigenvalue weighted by atomic mass is 10.2. The van der Waals surface area contributed by atoms with Crippen LogP contribution in [0.4, 0.5) is 5.69 Å². The summed E-state index contributed by atoms with van der Waals surface area (Å²) in [6.07, 6.45) is 1.02. The third-order valence-electron chi connectivity index (χ3n) is 3.77. The van der Waals surface area contributed by atoms with E-state index in [1.165, 1.54) is 12.1 Å². The first-order valence-corrected chi connectivity index (χ1v) is 8.80. The molecule has 0 fully saturated rings. The van der Waals surface area contributed by atoms with Gasteiger partial charge in [-0.25, -0.2) is 13.1 Å². The highest BCUT2D eigenvalue weighted by Gasteiger charge is 2.17. The van der Waals surface area contributed by atoms with Gasteiger partial charge in [-0.05, 0) is 45.0 Å². The maximum absolute atomic E-state index is 12.2. The number of hydrogen-bond donors (Lipinski definition) is 2. The number of nitrogens with one attached hydrogen (secondary N) is 1. The number of sulfonamides is 1. The summed E-state index contributed by atoms with van der Waals surface area (Å²) in [6.45, 7) is 6.94. The predicted octanol–water partition coefficient (Wildman–Crippen LogP) is 2.24. The fraction of sp³-hybridized carbons (Fsp3) is 0.571. The van der Waals surface area contributed by atoms with Gasteiger partial charge in [-0.15, -0.1) is 0 Å². The lowest BCUT2D eigenvalue weighted by Crippen LogP contribution is -2.37. The number of nitrogens with two attached hydrogens (primary N) is 1. The molecule has 1 aromatic rings. The Hall–Kier alpha value is -0.820. The predicted molar refractivity (Wildman–Crippen MR) is 88.2 cm³/mol. The van der Waals surface area contributed by atoms with Gasteiger partial charge in [-0.3, -0.25) is 0 Å². The Balaban J connectivity index is 2.75. The maximum Gasteiger partial charge on any atom is 0.240 e. The Kier molecular flexibility index (Phi) is 6.46. The number of nitrogen functional groups attached to an aromatic ring is 1. The van der Waals surface area contributed by atoms with Gasteiger partial charge in [0.15, 0.2) is 0 Å². The van der Waals surface area contributed by atoms with E-state index in [4.69, 9.17) is 17.3 Å². The molecule has 0 saturated heterocycles. The molecule has 1 rings (SSSR count). The number of halogens is 1. The molecule has 0 amide bonds. The van der Waals surface area contributed by atoms with E-state index in [2.05, 4.69) is 23.5 Å². The van der Waals surface area contributed by atoms with Crippen molar-refractivity contribution in [2.45, 2.75) is 38.1 Å². The minimum atomic E-state index is -3.59. The summed E-state index contributed by atoms with van der Waals surface area (Å²) in [5.74, 6) is 0. The van der Waals surface area contributed by atoms with Gasteiger partial charge in [0.1, 0.15) is 0 Å². The summed E-state index contributed by atoms with van der Waals surface area (Å²) in [5, 5.41) is 0.354. The molecule has 0 radical (unpaired) electrons. The second-order valence-corrected chi connectivity index (χ2v) is 7.43. The van der Waals surface area contributed by atoms with Crippen molar-refractivity contribution in [3.05, 3.63) is 22.7 Å². The quantitative estimate of drug-likeness (QED) is 0.750. The molecule has 7 heteroatoms. The molecule has 1 atom stereocenters. The summed E-state index contributed by atoms with van der Waals surface area (Å²) in [4.78, 5) is 2.21. The van der Waals surface area contributed by atoms with Crippen LogP contribution >= 0.6 is 11.6 Å². The van der Waals surface area contributed by atoms with Gasteiger partial charge in [0.25, 0.3) is 0 Å². The van der Waals surface area contributed by atoms with Crippen molar-refractivity contribution in [3.8, 4) is 0 Å². The molecule has 3 N–H and O–H groups in total. The number of likely N-dealkylation sites (N-methyl/N-ethyl adjacent to an activating group) is 1. The van der Waals surface area contributed by atoms with Crippen molar-refractivity contribution in [3.63, 3.8) is 0 Å². The van der Waals surface area contributed by atoms with Gasteiger partial charge < -0.3 is 10.6 Å². The monoisotopic (exact) mass is 333 g/mol. The van der Waals surface area contributed by atoms with Crippen LogP contribution < -0.4 is 10.5 Å². The van der Waals surface area contributed by atoms with E-state index in [-0.39, 0.29) is 4.90 Å². The Morgan fingerprint density at radius 1 is 1.43 bits per heavy atom.